The van der Waals surface area contributed by atoms with Gasteiger partial charge < -0.3 is 13.9 Å². The quantitative estimate of drug-likeness (QED) is 0.218. The molecule has 10 heteroatoms. The topological polar surface area (TPSA) is 100 Å². The van der Waals surface area contributed by atoms with Gasteiger partial charge in [0.15, 0.2) is 4.80 Å². The summed E-state index contributed by atoms with van der Waals surface area (Å²) in [6, 6.07) is 17.1. The van der Waals surface area contributed by atoms with Crippen molar-refractivity contribution in [2.75, 3.05) is 13.7 Å². The molecular formula is C30H23BrN2O6S. The van der Waals surface area contributed by atoms with Gasteiger partial charge in [-0.2, -0.15) is 0 Å². The predicted molar refractivity (Wildman–Crippen MR) is 155 cm³/mol. The number of carbonyl (C=O) groups is 2. The summed E-state index contributed by atoms with van der Waals surface area (Å²) in [6.45, 7) is 5.31. The minimum Gasteiger partial charge on any atom is -0.465 e. The van der Waals surface area contributed by atoms with Crippen LogP contribution in [0.5, 0.6) is 0 Å². The Morgan fingerprint density at radius 3 is 2.62 bits per heavy atom. The normalized spacial score (nSPS) is 14.9. The van der Waals surface area contributed by atoms with Gasteiger partial charge in [-0.05, 0) is 48.9 Å². The Labute approximate surface area is 241 Å². The van der Waals surface area contributed by atoms with Crippen molar-refractivity contribution < 1.29 is 23.5 Å². The van der Waals surface area contributed by atoms with Crippen LogP contribution in [0.15, 0.2) is 103 Å². The molecule has 0 saturated carbocycles. The second-order valence-electron chi connectivity index (χ2n) is 8.79. The van der Waals surface area contributed by atoms with E-state index >= 15 is 0 Å². The number of benzene rings is 2. The van der Waals surface area contributed by atoms with Gasteiger partial charge in [-0.25, -0.2) is 14.6 Å². The van der Waals surface area contributed by atoms with Gasteiger partial charge >= 0.3 is 11.9 Å². The highest BCUT2D eigenvalue weighted by Crippen LogP contribution is 2.31. The van der Waals surface area contributed by atoms with Crippen molar-refractivity contribution in [3.8, 4) is 11.3 Å². The number of hydrogen-bond donors (Lipinski definition) is 0. The molecule has 2 aromatic heterocycles. The summed E-state index contributed by atoms with van der Waals surface area (Å²) in [5.74, 6) is 0.0585. The van der Waals surface area contributed by atoms with Crippen LogP contribution in [-0.4, -0.2) is 30.2 Å². The first kappa shape index (κ1) is 27.3. The Balaban J connectivity index is 1.62. The maximum atomic E-state index is 13.8. The van der Waals surface area contributed by atoms with Crippen molar-refractivity contribution in [2.45, 2.75) is 13.0 Å². The molecule has 1 unspecified atom stereocenters. The number of allylic oxidation sites excluding steroid dienone is 1. The molecule has 1 aliphatic heterocycles. The van der Waals surface area contributed by atoms with Crippen molar-refractivity contribution in [1.29, 1.82) is 0 Å². The van der Waals surface area contributed by atoms with E-state index in [9.17, 15) is 14.4 Å². The van der Waals surface area contributed by atoms with Crippen LogP contribution in [0.4, 0.5) is 0 Å². The minimum atomic E-state index is -0.823. The second kappa shape index (κ2) is 11.4. The van der Waals surface area contributed by atoms with E-state index in [1.165, 1.54) is 29.1 Å². The molecule has 1 aliphatic rings. The fraction of sp³-hybridized carbons (Fsp3) is 0.133. The van der Waals surface area contributed by atoms with Gasteiger partial charge in [-0.15, -0.1) is 0 Å². The molecule has 3 heterocycles. The van der Waals surface area contributed by atoms with E-state index < -0.39 is 18.0 Å². The number of aromatic nitrogens is 1. The van der Waals surface area contributed by atoms with Crippen molar-refractivity contribution in [3.05, 3.63) is 126 Å². The highest BCUT2D eigenvalue weighted by molar-refractivity contribution is 9.10. The number of rotatable bonds is 7. The fourth-order valence-electron chi connectivity index (χ4n) is 4.39. The zero-order chi connectivity index (χ0) is 28.4. The van der Waals surface area contributed by atoms with E-state index in [-0.39, 0.29) is 17.7 Å². The molecule has 0 saturated heterocycles. The Morgan fingerprint density at radius 1 is 1.15 bits per heavy atom. The van der Waals surface area contributed by atoms with Gasteiger partial charge in [0, 0.05) is 16.1 Å². The van der Waals surface area contributed by atoms with Crippen LogP contribution in [0.3, 0.4) is 0 Å². The average molecular weight is 619 g/mol. The van der Waals surface area contributed by atoms with Crippen molar-refractivity contribution in [2.24, 2.45) is 4.99 Å². The molecule has 4 aromatic rings. The van der Waals surface area contributed by atoms with Gasteiger partial charge in [0.1, 0.15) is 18.1 Å². The number of nitrogens with zero attached hydrogens (tertiary/aromatic N) is 2. The summed E-state index contributed by atoms with van der Waals surface area (Å²) >= 11 is 4.66. The van der Waals surface area contributed by atoms with E-state index in [4.69, 9.17) is 13.9 Å². The summed E-state index contributed by atoms with van der Waals surface area (Å²) in [4.78, 5) is 43.9. The lowest BCUT2D eigenvalue weighted by Gasteiger charge is -2.24. The maximum Gasteiger partial charge on any atom is 0.338 e. The molecule has 5 rings (SSSR count). The lowest BCUT2D eigenvalue weighted by atomic mass is 9.95. The molecule has 0 spiro atoms. The third kappa shape index (κ3) is 5.28. The van der Waals surface area contributed by atoms with Gasteiger partial charge in [0.2, 0.25) is 0 Å². The van der Waals surface area contributed by atoms with E-state index in [1.807, 2.05) is 30.3 Å². The number of hydrogen-bond acceptors (Lipinski definition) is 8. The van der Waals surface area contributed by atoms with E-state index in [1.54, 1.807) is 43.3 Å². The number of furan rings is 1. The number of carbonyl (C=O) groups excluding carboxylic acids is 2. The Morgan fingerprint density at radius 2 is 1.93 bits per heavy atom. The third-order valence-electron chi connectivity index (χ3n) is 6.23. The molecule has 0 fully saturated rings. The fourth-order valence-corrected chi connectivity index (χ4v) is 5.81. The first-order valence-electron chi connectivity index (χ1n) is 12.2. The average Bonchev–Trinajstić information content (AvgIpc) is 3.55. The van der Waals surface area contributed by atoms with Crippen LogP contribution >= 0.6 is 27.3 Å². The second-order valence-corrected chi connectivity index (χ2v) is 10.7. The Kier molecular flexibility index (Phi) is 7.81. The molecule has 202 valence electrons. The van der Waals surface area contributed by atoms with Crippen molar-refractivity contribution in [1.82, 2.24) is 4.57 Å². The van der Waals surface area contributed by atoms with Crippen molar-refractivity contribution in [3.63, 3.8) is 0 Å². The highest BCUT2D eigenvalue weighted by atomic mass is 79.9. The standard InChI is InChI=1S/C30H23BrN2O6S/c1-4-14-38-29(36)25-17(2)32-30-33(26(25)18-8-10-19(11-9-18)28(35)37-3)27(34)24(40-30)16-22-12-13-23(39-22)20-6-5-7-21(31)15-20/h4-13,15-16,26H,1,14H2,2-3H3. The number of methoxy groups -OCH3 is 1. The number of halogens is 1. The highest BCUT2D eigenvalue weighted by Gasteiger charge is 2.33. The lowest BCUT2D eigenvalue weighted by Crippen LogP contribution is -2.40. The van der Waals surface area contributed by atoms with Crippen LogP contribution in [0.1, 0.15) is 34.6 Å². The van der Waals surface area contributed by atoms with Gasteiger partial charge in [0.05, 0.1) is 34.5 Å². The van der Waals surface area contributed by atoms with E-state index in [0.717, 1.165) is 10.0 Å². The van der Waals surface area contributed by atoms with Crippen LogP contribution in [0, 0.1) is 0 Å². The molecule has 0 amide bonds. The number of thiazole rings is 1. The smallest absolute Gasteiger partial charge is 0.338 e. The zero-order valence-electron chi connectivity index (χ0n) is 21.5. The van der Waals surface area contributed by atoms with Gasteiger partial charge in [0.25, 0.3) is 5.56 Å². The minimum absolute atomic E-state index is 0.00679. The number of ether oxygens (including phenoxy) is 2. The molecule has 8 nitrogen and oxygen atoms in total. The number of esters is 2. The van der Waals surface area contributed by atoms with Gasteiger partial charge in [-0.1, -0.05) is 64.2 Å². The molecule has 0 bridgehead atoms. The summed E-state index contributed by atoms with van der Waals surface area (Å²) < 4.78 is 18.9. The first-order chi connectivity index (χ1) is 19.3. The summed E-state index contributed by atoms with van der Waals surface area (Å²) in [5, 5.41) is 0. The summed E-state index contributed by atoms with van der Waals surface area (Å²) in [7, 11) is 1.30. The molecule has 0 radical (unpaired) electrons. The van der Waals surface area contributed by atoms with Crippen molar-refractivity contribution >= 4 is 45.3 Å². The Bertz CT molecular complexity index is 1850. The molecule has 2 aromatic carbocycles. The largest absolute Gasteiger partial charge is 0.465 e. The maximum absolute atomic E-state index is 13.8. The van der Waals surface area contributed by atoms with Crippen LogP contribution in [0.25, 0.3) is 17.4 Å². The third-order valence-corrected chi connectivity index (χ3v) is 7.71. The molecule has 1 atom stereocenters. The predicted octanol–water partition coefficient (Wildman–Crippen LogP) is 4.77. The van der Waals surface area contributed by atoms with E-state index in [0.29, 0.717) is 37.7 Å². The monoisotopic (exact) mass is 618 g/mol. The molecule has 0 aliphatic carbocycles. The van der Waals surface area contributed by atoms with E-state index in [2.05, 4.69) is 27.5 Å². The van der Waals surface area contributed by atoms with Crippen LogP contribution in [-0.2, 0) is 14.3 Å². The molecular weight excluding hydrogens is 596 g/mol. The molecule has 40 heavy (non-hydrogen) atoms. The SMILES string of the molecule is C=CCOC(=O)C1=C(C)N=c2sc(=Cc3ccc(-c4cccc(Br)c4)o3)c(=O)n2C1c1ccc(C(=O)OC)cc1. The summed E-state index contributed by atoms with van der Waals surface area (Å²) in [6.07, 6.45) is 3.13. The molecule has 0 N–H and O–H groups in total. The van der Waals surface area contributed by atoms with Crippen LogP contribution in [0.2, 0.25) is 0 Å². The first-order valence-corrected chi connectivity index (χ1v) is 13.8. The van der Waals surface area contributed by atoms with Crippen LogP contribution < -0.4 is 14.9 Å². The Hall–Kier alpha value is -4.28. The lowest BCUT2D eigenvalue weighted by molar-refractivity contribution is -0.138. The number of fused-ring (bicyclic) bond motifs is 1. The van der Waals surface area contributed by atoms with Gasteiger partial charge in [-0.3, -0.25) is 9.36 Å². The summed E-state index contributed by atoms with van der Waals surface area (Å²) in [5.41, 5.74) is 2.15. The zero-order valence-corrected chi connectivity index (χ0v) is 24.0.